The third kappa shape index (κ3) is 2.06. The highest BCUT2D eigenvalue weighted by Crippen LogP contribution is 2.13. The fraction of sp³-hybridized carbons (Fsp3) is 0. The number of aldehydes is 1. The Labute approximate surface area is 78.9 Å². The first-order valence-corrected chi connectivity index (χ1v) is 3.74. The molecular formula is C7H5BClFO3. The molecule has 1 aromatic rings. The Balaban J connectivity index is 3.30. The quantitative estimate of drug-likeness (QED) is 0.523. The molecule has 0 bridgehead atoms. The van der Waals surface area contributed by atoms with Gasteiger partial charge in [-0.3, -0.25) is 4.79 Å². The number of halogens is 2. The van der Waals surface area contributed by atoms with Crippen LogP contribution in [0.2, 0.25) is 5.02 Å². The van der Waals surface area contributed by atoms with Crippen LogP contribution in [-0.2, 0) is 0 Å². The number of benzene rings is 1. The third-order valence-electron chi connectivity index (χ3n) is 1.52. The molecule has 0 aliphatic heterocycles. The van der Waals surface area contributed by atoms with Crippen molar-refractivity contribution in [2.75, 3.05) is 0 Å². The third-order valence-corrected chi connectivity index (χ3v) is 1.85. The molecule has 0 spiro atoms. The molecular weight excluding hydrogens is 197 g/mol. The van der Waals surface area contributed by atoms with Gasteiger partial charge in [-0.2, -0.15) is 0 Å². The predicted molar refractivity (Wildman–Crippen MR) is 46.6 cm³/mol. The van der Waals surface area contributed by atoms with Crippen LogP contribution >= 0.6 is 11.6 Å². The van der Waals surface area contributed by atoms with E-state index in [-0.39, 0.29) is 16.0 Å². The van der Waals surface area contributed by atoms with Crippen LogP contribution in [0.15, 0.2) is 12.1 Å². The van der Waals surface area contributed by atoms with Gasteiger partial charge in [0.1, 0.15) is 5.82 Å². The Morgan fingerprint density at radius 1 is 1.46 bits per heavy atom. The van der Waals surface area contributed by atoms with Gasteiger partial charge in [-0.1, -0.05) is 11.6 Å². The summed E-state index contributed by atoms with van der Waals surface area (Å²) in [6.45, 7) is 0. The molecule has 0 heterocycles. The Morgan fingerprint density at radius 3 is 2.54 bits per heavy atom. The number of carbonyl (C=O) groups is 1. The summed E-state index contributed by atoms with van der Waals surface area (Å²) < 4.78 is 12.9. The second kappa shape index (κ2) is 3.87. The molecule has 0 radical (unpaired) electrons. The van der Waals surface area contributed by atoms with Gasteiger partial charge in [0.15, 0.2) is 6.29 Å². The van der Waals surface area contributed by atoms with Crippen molar-refractivity contribution in [3.63, 3.8) is 0 Å². The summed E-state index contributed by atoms with van der Waals surface area (Å²) in [5.41, 5.74) is -0.349. The van der Waals surface area contributed by atoms with Crippen LogP contribution in [0.5, 0.6) is 0 Å². The molecule has 0 amide bonds. The average Bonchev–Trinajstić information content (AvgIpc) is 2.03. The van der Waals surface area contributed by atoms with Gasteiger partial charge < -0.3 is 10.0 Å². The molecule has 0 fully saturated rings. The lowest BCUT2D eigenvalue weighted by atomic mass is 9.79. The van der Waals surface area contributed by atoms with Crippen molar-refractivity contribution in [3.05, 3.63) is 28.5 Å². The van der Waals surface area contributed by atoms with E-state index in [0.717, 1.165) is 12.1 Å². The van der Waals surface area contributed by atoms with E-state index in [1.165, 1.54) is 0 Å². The Kier molecular flexibility index (Phi) is 3.03. The van der Waals surface area contributed by atoms with Crippen molar-refractivity contribution in [2.24, 2.45) is 0 Å². The number of hydrogen-bond acceptors (Lipinski definition) is 3. The van der Waals surface area contributed by atoms with Gasteiger partial charge in [-0.25, -0.2) is 4.39 Å². The van der Waals surface area contributed by atoms with E-state index in [1.807, 2.05) is 0 Å². The molecule has 0 aromatic heterocycles. The highest BCUT2D eigenvalue weighted by Gasteiger charge is 2.18. The molecule has 0 atom stereocenters. The van der Waals surface area contributed by atoms with Crippen LogP contribution < -0.4 is 5.46 Å². The van der Waals surface area contributed by atoms with E-state index in [1.54, 1.807) is 0 Å². The van der Waals surface area contributed by atoms with Gasteiger partial charge in [0.25, 0.3) is 0 Å². The van der Waals surface area contributed by atoms with E-state index in [9.17, 15) is 9.18 Å². The van der Waals surface area contributed by atoms with E-state index in [4.69, 9.17) is 21.6 Å². The molecule has 2 N–H and O–H groups in total. The second-order valence-electron chi connectivity index (χ2n) is 2.39. The van der Waals surface area contributed by atoms with Crippen LogP contribution in [-0.4, -0.2) is 23.5 Å². The zero-order chi connectivity index (χ0) is 10.0. The molecule has 1 rings (SSSR count). The van der Waals surface area contributed by atoms with Gasteiger partial charge in [0.05, 0.1) is 5.02 Å². The van der Waals surface area contributed by atoms with Crippen molar-refractivity contribution < 1.29 is 19.2 Å². The van der Waals surface area contributed by atoms with Crippen LogP contribution in [0.1, 0.15) is 10.4 Å². The van der Waals surface area contributed by atoms with Gasteiger partial charge in [0, 0.05) is 11.0 Å². The number of hydrogen-bond donors (Lipinski definition) is 2. The van der Waals surface area contributed by atoms with Crippen LogP contribution in [0, 0.1) is 5.82 Å². The monoisotopic (exact) mass is 202 g/mol. The minimum absolute atomic E-state index is 0.0196. The van der Waals surface area contributed by atoms with Gasteiger partial charge in [-0.15, -0.1) is 0 Å². The first-order valence-electron chi connectivity index (χ1n) is 3.36. The standard InChI is InChI=1S/C7H5BClFO3/c9-6-2-7(10)5(8(12)13)1-4(6)3-11/h1-3,12-13H. The molecule has 0 saturated carbocycles. The molecule has 13 heavy (non-hydrogen) atoms. The highest BCUT2D eigenvalue weighted by molar-refractivity contribution is 6.59. The summed E-state index contributed by atoms with van der Waals surface area (Å²) in [7, 11) is -1.95. The summed E-state index contributed by atoms with van der Waals surface area (Å²) >= 11 is 5.47. The SMILES string of the molecule is O=Cc1cc(B(O)O)c(F)cc1Cl. The Bertz CT molecular complexity index is 343. The van der Waals surface area contributed by atoms with Gasteiger partial charge >= 0.3 is 7.12 Å². The normalized spacial score (nSPS) is 9.85. The molecule has 0 unspecified atom stereocenters. The van der Waals surface area contributed by atoms with Crippen LogP contribution in [0.25, 0.3) is 0 Å². The lowest BCUT2D eigenvalue weighted by molar-refractivity contribution is 0.112. The fourth-order valence-electron chi connectivity index (χ4n) is 0.872. The van der Waals surface area contributed by atoms with Crippen molar-refractivity contribution >= 4 is 30.5 Å². The number of rotatable bonds is 2. The zero-order valence-corrected chi connectivity index (χ0v) is 7.12. The largest absolute Gasteiger partial charge is 0.491 e. The minimum Gasteiger partial charge on any atom is -0.423 e. The molecule has 1 aromatic carbocycles. The van der Waals surface area contributed by atoms with E-state index >= 15 is 0 Å². The average molecular weight is 202 g/mol. The summed E-state index contributed by atoms with van der Waals surface area (Å²) in [5.74, 6) is -0.856. The van der Waals surface area contributed by atoms with Crippen molar-refractivity contribution in [3.8, 4) is 0 Å². The van der Waals surface area contributed by atoms with Crippen LogP contribution in [0.3, 0.4) is 0 Å². The molecule has 68 valence electrons. The van der Waals surface area contributed by atoms with E-state index in [0.29, 0.717) is 6.29 Å². The second-order valence-corrected chi connectivity index (χ2v) is 2.79. The van der Waals surface area contributed by atoms with Crippen molar-refractivity contribution in [1.29, 1.82) is 0 Å². The molecule has 0 aliphatic carbocycles. The summed E-state index contributed by atoms with van der Waals surface area (Å²) in [6, 6.07) is 1.86. The van der Waals surface area contributed by atoms with Crippen molar-refractivity contribution in [1.82, 2.24) is 0 Å². The Hall–Kier alpha value is -0.905. The summed E-state index contributed by atoms with van der Waals surface area (Å²) in [5, 5.41) is 17.3. The maximum absolute atomic E-state index is 12.9. The zero-order valence-electron chi connectivity index (χ0n) is 6.37. The molecule has 0 aliphatic rings. The van der Waals surface area contributed by atoms with E-state index in [2.05, 4.69) is 0 Å². The lowest BCUT2D eigenvalue weighted by Gasteiger charge is -2.03. The molecule has 6 heteroatoms. The van der Waals surface area contributed by atoms with Gasteiger partial charge in [-0.05, 0) is 12.1 Å². The maximum atomic E-state index is 12.9. The first kappa shape index (κ1) is 10.2. The predicted octanol–water partition coefficient (Wildman–Crippen LogP) is -0.0286. The first-order chi connectivity index (χ1) is 6.06. The molecule has 0 saturated heterocycles. The minimum atomic E-state index is -1.95. The van der Waals surface area contributed by atoms with Gasteiger partial charge in [0.2, 0.25) is 0 Å². The summed E-state index contributed by atoms with van der Waals surface area (Å²) in [4.78, 5) is 10.3. The number of carbonyl (C=O) groups excluding carboxylic acids is 1. The Morgan fingerprint density at radius 2 is 2.08 bits per heavy atom. The highest BCUT2D eigenvalue weighted by atomic mass is 35.5. The summed E-state index contributed by atoms with van der Waals surface area (Å²) in [6.07, 6.45) is 0.410. The smallest absolute Gasteiger partial charge is 0.423 e. The van der Waals surface area contributed by atoms with Crippen molar-refractivity contribution in [2.45, 2.75) is 0 Å². The van der Waals surface area contributed by atoms with E-state index < -0.39 is 12.9 Å². The molecule has 3 nitrogen and oxygen atoms in total. The maximum Gasteiger partial charge on any atom is 0.491 e. The van der Waals surface area contributed by atoms with Crippen LogP contribution in [0.4, 0.5) is 4.39 Å². The lowest BCUT2D eigenvalue weighted by Crippen LogP contribution is -2.33. The topological polar surface area (TPSA) is 57.5 Å². The fourth-order valence-corrected chi connectivity index (χ4v) is 1.07.